The molecule has 0 aromatic heterocycles. The molecule has 8 nitrogen and oxygen atoms in total. The molecule has 0 saturated carbocycles. The van der Waals surface area contributed by atoms with Crippen LogP contribution in [0.4, 0.5) is 0 Å². The van der Waals surface area contributed by atoms with Crippen LogP contribution in [-0.4, -0.2) is 73.4 Å². The fraction of sp³-hybridized carbons (Fsp3) is 0.807. The van der Waals surface area contributed by atoms with E-state index in [0.29, 0.717) is 17.4 Å². The summed E-state index contributed by atoms with van der Waals surface area (Å²) < 4.78 is 23.7. The lowest BCUT2D eigenvalue weighted by Gasteiger charge is -2.25. The maximum absolute atomic E-state index is 13.0. The Morgan fingerprint density at radius 3 is 1.30 bits per heavy atom. The maximum Gasteiger partial charge on any atom is 0.472 e. The van der Waals surface area contributed by atoms with E-state index in [1.54, 1.807) is 6.08 Å². The normalized spacial score (nSPS) is 14.5. The quantitative estimate of drug-likeness (QED) is 0.0243. The van der Waals surface area contributed by atoms with Crippen LogP contribution >= 0.6 is 7.82 Å². The third kappa shape index (κ3) is 50.1. The molecule has 0 saturated heterocycles. The fourth-order valence-electron chi connectivity index (χ4n) is 7.81. The van der Waals surface area contributed by atoms with Gasteiger partial charge in [-0.1, -0.05) is 222 Å². The minimum Gasteiger partial charge on any atom is -0.387 e. The number of amides is 1. The molecule has 0 rings (SSSR count). The number of carbonyl (C=O) groups excluding carboxylic acids is 1. The minimum atomic E-state index is -4.36. The van der Waals surface area contributed by atoms with Gasteiger partial charge >= 0.3 is 7.82 Å². The molecular weight excluding hydrogens is 840 g/mol. The molecule has 0 heterocycles. The molecular formula is C57H108N2O6P+. The van der Waals surface area contributed by atoms with Crippen molar-refractivity contribution < 1.29 is 32.9 Å². The van der Waals surface area contributed by atoms with Crippen LogP contribution in [-0.2, 0) is 18.4 Å². The van der Waals surface area contributed by atoms with Crippen molar-refractivity contribution in [2.75, 3.05) is 40.9 Å². The average molecular weight is 948 g/mol. The number of quaternary nitrogens is 1. The third-order valence-corrected chi connectivity index (χ3v) is 13.2. The number of carbonyl (C=O) groups is 1. The number of phosphoric acid groups is 1. The molecule has 0 radical (unpaired) electrons. The monoisotopic (exact) mass is 948 g/mol. The van der Waals surface area contributed by atoms with Gasteiger partial charge in [-0.15, -0.1) is 0 Å². The second-order valence-electron chi connectivity index (χ2n) is 19.9. The van der Waals surface area contributed by atoms with Gasteiger partial charge in [0.1, 0.15) is 13.2 Å². The summed E-state index contributed by atoms with van der Waals surface area (Å²) in [6.07, 6.45) is 64.6. The van der Waals surface area contributed by atoms with Gasteiger partial charge in [0.05, 0.1) is 39.9 Å². The van der Waals surface area contributed by atoms with Crippen molar-refractivity contribution >= 4 is 13.7 Å². The molecule has 386 valence electrons. The summed E-state index contributed by atoms with van der Waals surface area (Å²) >= 11 is 0. The van der Waals surface area contributed by atoms with Gasteiger partial charge in [0, 0.05) is 6.42 Å². The number of hydrogen-bond donors (Lipinski definition) is 3. The van der Waals surface area contributed by atoms with E-state index in [1.807, 2.05) is 27.2 Å². The maximum atomic E-state index is 13.0. The van der Waals surface area contributed by atoms with Gasteiger partial charge in [0.2, 0.25) is 5.91 Å². The van der Waals surface area contributed by atoms with Crippen LogP contribution in [0.2, 0.25) is 0 Å². The number of rotatable bonds is 50. The molecule has 0 aliphatic carbocycles. The first-order valence-electron chi connectivity index (χ1n) is 27.7. The van der Waals surface area contributed by atoms with Crippen LogP contribution in [0, 0.1) is 0 Å². The van der Waals surface area contributed by atoms with E-state index < -0.39 is 20.0 Å². The molecule has 0 aromatic rings. The van der Waals surface area contributed by atoms with Crippen LogP contribution in [0.15, 0.2) is 60.8 Å². The number of phosphoric ester groups is 1. The highest BCUT2D eigenvalue weighted by Crippen LogP contribution is 2.43. The molecule has 3 atom stereocenters. The molecule has 0 bridgehead atoms. The molecule has 9 heteroatoms. The van der Waals surface area contributed by atoms with Crippen molar-refractivity contribution in [2.24, 2.45) is 0 Å². The first-order valence-corrected chi connectivity index (χ1v) is 29.2. The van der Waals surface area contributed by atoms with Gasteiger partial charge in [0.25, 0.3) is 0 Å². The van der Waals surface area contributed by atoms with Crippen molar-refractivity contribution in [1.82, 2.24) is 5.32 Å². The number of hydrogen-bond acceptors (Lipinski definition) is 5. The van der Waals surface area contributed by atoms with Crippen LogP contribution < -0.4 is 5.32 Å². The molecule has 0 aliphatic rings. The first-order chi connectivity index (χ1) is 32.0. The smallest absolute Gasteiger partial charge is 0.387 e. The second-order valence-corrected chi connectivity index (χ2v) is 21.4. The van der Waals surface area contributed by atoms with Crippen molar-refractivity contribution in [3.05, 3.63) is 60.8 Å². The number of unbranched alkanes of at least 4 members (excludes halogenated alkanes) is 29. The Morgan fingerprint density at radius 1 is 0.515 bits per heavy atom. The Morgan fingerprint density at radius 2 is 0.879 bits per heavy atom. The van der Waals surface area contributed by atoms with Crippen LogP contribution in [0.5, 0.6) is 0 Å². The lowest BCUT2D eigenvalue weighted by molar-refractivity contribution is -0.870. The van der Waals surface area contributed by atoms with Gasteiger partial charge in [-0.2, -0.15) is 0 Å². The molecule has 0 fully saturated rings. The van der Waals surface area contributed by atoms with E-state index >= 15 is 0 Å². The van der Waals surface area contributed by atoms with E-state index in [4.69, 9.17) is 9.05 Å². The molecule has 0 aromatic carbocycles. The SMILES string of the molecule is CCCCCCCCCCC/C=C\C/C=C\CCCCCCCCCCCC(=O)NC(COP(=O)(O)OCC[N+](C)(C)C)C(O)/C=C/CC/C=C/CC/C=C/CCCCCCCCCCC. The highest BCUT2D eigenvalue weighted by molar-refractivity contribution is 7.47. The number of likely N-dealkylation sites (N-methyl/N-ethyl adjacent to an activating group) is 1. The van der Waals surface area contributed by atoms with E-state index in [-0.39, 0.29) is 19.1 Å². The number of aliphatic hydroxyl groups is 1. The highest BCUT2D eigenvalue weighted by Gasteiger charge is 2.27. The molecule has 0 spiro atoms. The van der Waals surface area contributed by atoms with Crippen molar-refractivity contribution in [2.45, 2.75) is 257 Å². The van der Waals surface area contributed by atoms with Crippen molar-refractivity contribution in [3.63, 3.8) is 0 Å². The topological polar surface area (TPSA) is 105 Å². The Labute approximate surface area is 409 Å². The summed E-state index contributed by atoms with van der Waals surface area (Å²) in [5, 5.41) is 13.9. The van der Waals surface area contributed by atoms with Crippen LogP contribution in [0.1, 0.15) is 245 Å². The van der Waals surface area contributed by atoms with Crippen molar-refractivity contribution in [3.8, 4) is 0 Å². The summed E-state index contributed by atoms with van der Waals surface area (Å²) in [4.78, 5) is 23.3. The molecule has 3 N–H and O–H groups in total. The Balaban J connectivity index is 4.32. The minimum absolute atomic E-state index is 0.0509. The Hall–Kier alpha value is -1.80. The van der Waals surface area contributed by atoms with Crippen LogP contribution in [0.3, 0.4) is 0 Å². The highest BCUT2D eigenvalue weighted by atomic mass is 31.2. The first kappa shape index (κ1) is 64.2. The number of nitrogens with zero attached hydrogens (tertiary/aromatic N) is 1. The van der Waals surface area contributed by atoms with E-state index in [9.17, 15) is 19.4 Å². The molecule has 0 aliphatic heterocycles. The second kappa shape index (κ2) is 48.2. The molecule has 3 unspecified atom stereocenters. The van der Waals surface area contributed by atoms with Gasteiger partial charge in [-0.3, -0.25) is 13.8 Å². The van der Waals surface area contributed by atoms with E-state index in [2.05, 4.69) is 67.8 Å². The summed E-state index contributed by atoms with van der Waals surface area (Å²) in [5.74, 6) is -0.195. The third-order valence-electron chi connectivity index (χ3n) is 12.2. The van der Waals surface area contributed by atoms with Crippen molar-refractivity contribution in [1.29, 1.82) is 0 Å². The predicted molar refractivity (Wildman–Crippen MR) is 286 cm³/mol. The number of nitrogens with one attached hydrogen (secondary N) is 1. The summed E-state index contributed by atoms with van der Waals surface area (Å²) in [6, 6.07) is -0.874. The van der Waals surface area contributed by atoms with E-state index in [0.717, 1.165) is 51.4 Å². The summed E-state index contributed by atoms with van der Waals surface area (Å²) in [5.41, 5.74) is 0. The Kier molecular flexibility index (Phi) is 46.9. The number of allylic oxidation sites excluding steroid dienone is 9. The Bertz CT molecular complexity index is 1260. The lowest BCUT2D eigenvalue weighted by atomic mass is 10.1. The lowest BCUT2D eigenvalue weighted by Crippen LogP contribution is -2.45. The zero-order chi connectivity index (χ0) is 48.5. The fourth-order valence-corrected chi connectivity index (χ4v) is 8.55. The number of aliphatic hydroxyl groups excluding tert-OH is 1. The average Bonchev–Trinajstić information content (AvgIpc) is 3.28. The standard InChI is InChI=1S/C57H107N2O6P/c1-6-8-10-12-14-16-18-20-22-24-26-27-28-29-30-31-33-35-37-39-41-43-45-47-49-51-57(61)58-55(54-65-66(62,63)64-53-52-59(3,4)5)56(60)50-48-46-44-42-40-38-36-34-32-25-23-21-19-17-15-13-11-9-7-2/h26-27,29-30,32,34,40,42,48,50,55-56,60H,6-25,28,31,33,35-39,41,43-47,49,51-54H2,1-5H3,(H-,58,61,62,63)/p+1/b27-26-,30-29-,34-32+,42-40+,50-48+. The zero-order valence-electron chi connectivity index (χ0n) is 43.9. The summed E-state index contributed by atoms with van der Waals surface area (Å²) in [6.45, 7) is 4.79. The predicted octanol–water partition coefficient (Wildman–Crippen LogP) is 16.5. The van der Waals surface area contributed by atoms with Crippen LogP contribution in [0.25, 0.3) is 0 Å². The van der Waals surface area contributed by atoms with Gasteiger partial charge in [-0.05, 0) is 77.0 Å². The van der Waals surface area contributed by atoms with E-state index in [1.165, 1.54) is 173 Å². The molecule has 66 heavy (non-hydrogen) atoms. The molecule has 1 amide bonds. The van der Waals surface area contributed by atoms with Gasteiger partial charge in [0.15, 0.2) is 0 Å². The summed E-state index contributed by atoms with van der Waals surface area (Å²) in [7, 11) is 1.54. The largest absolute Gasteiger partial charge is 0.472 e. The van der Waals surface area contributed by atoms with Gasteiger partial charge < -0.3 is 19.8 Å². The van der Waals surface area contributed by atoms with Gasteiger partial charge in [-0.25, -0.2) is 4.57 Å². The zero-order valence-corrected chi connectivity index (χ0v) is 44.8.